The molecule has 1 atom stereocenters. The number of rotatable bonds is 5. The number of hydrogen-bond acceptors (Lipinski definition) is 3. The van der Waals surface area contributed by atoms with Gasteiger partial charge in [-0.25, -0.2) is 4.98 Å². The molecule has 1 aromatic carbocycles. The molecular formula is C15H17ClN2OS. The van der Waals surface area contributed by atoms with Crippen LogP contribution in [0.1, 0.15) is 17.3 Å². The van der Waals surface area contributed by atoms with Crippen LogP contribution in [0.2, 0.25) is 5.15 Å². The topological polar surface area (TPSA) is 42.0 Å². The lowest BCUT2D eigenvalue weighted by molar-refractivity contribution is 0.0950. The molecule has 0 aliphatic heterocycles. The van der Waals surface area contributed by atoms with Gasteiger partial charge in [0.25, 0.3) is 5.91 Å². The molecule has 1 amide bonds. The van der Waals surface area contributed by atoms with Crippen molar-refractivity contribution in [3.8, 4) is 0 Å². The van der Waals surface area contributed by atoms with E-state index in [4.69, 9.17) is 11.6 Å². The van der Waals surface area contributed by atoms with Crippen molar-refractivity contribution in [2.24, 2.45) is 5.92 Å². The summed E-state index contributed by atoms with van der Waals surface area (Å²) < 4.78 is 0. The molecule has 0 fully saturated rings. The number of pyridine rings is 1. The molecule has 1 unspecified atom stereocenters. The quantitative estimate of drug-likeness (QED) is 0.858. The normalized spacial score (nSPS) is 12.3. The maximum atomic E-state index is 12.3. The summed E-state index contributed by atoms with van der Waals surface area (Å²) in [6.07, 6.45) is 3.61. The van der Waals surface area contributed by atoms with Crippen molar-refractivity contribution in [3.05, 3.63) is 41.2 Å². The third-order valence-corrected chi connectivity index (χ3v) is 4.26. The third kappa shape index (κ3) is 3.44. The summed E-state index contributed by atoms with van der Waals surface area (Å²) in [5.41, 5.74) is 0.571. The molecule has 0 aliphatic carbocycles. The number of fused-ring (bicyclic) bond motifs is 1. The van der Waals surface area contributed by atoms with Gasteiger partial charge in [0.2, 0.25) is 0 Å². The van der Waals surface area contributed by atoms with Gasteiger partial charge >= 0.3 is 0 Å². The Morgan fingerprint density at radius 1 is 1.40 bits per heavy atom. The molecule has 20 heavy (non-hydrogen) atoms. The largest absolute Gasteiger partial charge is 0.352 e. The van der Waals surface area contributed by atoms with Gasteiger partial charge in [0.15, 0.2) is 0 Å². The van der Waals surface area contributed by atoms with Crippen molar-refractivity contribution < 1.29 is 4.79 Å². The van der Waals surface area contributed by atoms with Crippen LogP contribution < -0.4 is 5.32 Å². The molecule has 106 valence electrons. The van der Waals surface area contributed by atoms with Crippen LogP contribution >= 0.6 is 23.4 Å². The van der Waals surface area contributed by atoms with E-state index in [1.807, 2.05) is 24.3 Å². The maximum Gasteiger partial charge on any atom is 0.253 e. The van der Waals surface area contributed by atoms with Crippen LogP contribution in [0.25, 0.3) is 10.8 Å². The summed E-state index contributed by atoms with van der Waals surface area (Å²) in [6, 6.07) is 7.55. The lowest BCUT2D eigenvalue weighted by Gasteiger charge is -2.12. The number of thioether (sulfide) groups is 1. The predicted octanol–water partition coefficient (Wildman–Crippen LogP) is 3.62. The summed E-state index contributed by atoms with van der Waals surface area (Å²) in [4.78, 5) is 16.4. The number of carbonyl (C=O) groups excluding carboxylic acids is 1. The van der Waals surface area contributed by atoms with Gasteiger partial charge in [-0.1, -0.05) is 42.8 Å². The Morgan fingerprint density at radius 2 is 2.10 bits per heavy atom. The molecule has 0 aliphatic rings. The molecule has 0 bridgehead atoms. The number of nitrogens with one attached hydrogen (secondary N) is 1. The number of halogens is 1. The fraction of sp³-hybridized carbons (Fsp3) is 0.333. The molecule has 1 aromatic heterocycles. The van der Waals surface area contributed by atoms with E-state index < -0.39 is 0 Å². The molecule has 2 rings (SSSR count). The fourth-order valence-electron chi connectivity index (χ4n) is 2.04. The van der Waals surface area contributed by atoms with Crippen LogP contribution in [0.3, 0.4) is 0 Å². The summed E-state index contributed by atoms with van der Waals surface area (Å²) in [5, 5.41) is 5.02. The zero-order chi connectivity index (χ0) is 14.5. The number of amides is 1. The Morgan fingerprint density at radius 3 is 2.80 bits per heavy atom. The fourth-order valence-corrected chi connectivity index (χ4v) is 2.95. The minimum Gasteiger partial charge on any atom is -0.352 e. The van der Waals surface area contributed by atoms with Crippen LogP contribution in [-0.4, -0.2) is 29.4 Å². The molecule has 5 heteroatoms. The molecule has 0 spiro atoms. The number of nitrogens with zero attached hydrogens (tertiary/aromatic N) is 1. The van der Waals surface area contributed by atoms with Gasteiger partial charge in [-0.15, -0.1) is 0 Å². The Labute approximate surface area is 128 Å². The number of hydrogen-bond donors (Lipinski definition) is 1. The molecule has 1 heterocycles. The van der Waals surface area contributed by atoms with Crippen molar-refractivity contribution in [2.75, 3.05) is 18.6 Å². The lowest BCUT2D eigenvalue weighted by Crippen LogP contribution is -2.29. The van der Waals surface area contributed by atoms with Crippen LogP contribution in [0.4, 0.5) is 0 Å². The van der Waals surface area contributed by atoms with Crippen LogP contribution in [-0.2, 0) is 0 Å². The number of benzene rings is 1. The van der Waals surface area contributed by atoms with Gasteiger partial charge in [0.05, 0.1) is 5.56 Å². The first-order valence-electron chi connectivity index (χ1n) is 6.44. The van der Waals surface area contributed by atoms with Crippen molar-refractivity contribution in [3.63, 3.8) is 0 Å². The lowest BCUT2D eigenvalue weighted by atomic mass is 10.1. The first kappa shape index (κ1) is 15.1. The highest BCUT2D eigenvalue weighted by molar-refractivity contribution is 7.98. The molecule has 1 N–H and O–H groups in total. The highest BCUT2D eigenvalue weighted by Crippen LogP contribution is 2.24. The summed E-state index contributed by atoms with van der Waals surface area (Å²) in [5.74, 6) is 1.37. The zero-order valence-electron chi connectivity index (χ0n) is 11.5. The average Bonchev–Trinajstić information content (AvgIpc) is 2.46. The van der Waals surface area contributed by atoms with Crippen molar-refractivity contribution in [1.29, 1.82) is 0 Å². The van der Waals surface area contributed by atoms with E-state index in [-0.39, 0.29) is 5.91 Å². The Hall–Kier alpha value is -1.26. The van der Waals surface area contributed by atoms with E-state index in [2.05, 4.69) is 23.5 Å². The summed E-state index contributed by atoms with van der Waals surface area (Å²) in [7, 11) is 0. The van der Waals surface area contributed by atoms with Gasteiger partial charge < -0.3 is 5.32 Å². The Balaban J connectivity index is 2.20. The molecule has 3 nitrogen and oxygen atoms in total. The summed E-state index contributed by atoms with van der Waals surface area (Å²) >= 11 is 7.84. The minimum atomic E-state index is -0.0988. The van der Waals surface area contributed by atoms with Gasteiger partial charge in [0, 0.05) is 18.1 Å². The van der Waals surface area contributed by atoms with E-state index in [9.17, 15) is 4.79 Å². The predicted molar refractivity (Wildman–Crippen MR) is 86.6 cm³/mol. The first-order valence-corrected chi connectivity index (χ1v) is 8.21. The van der Waals surface area contributed by atoms with Crippen LogP contribution in [0.15, 0.2) is 30.5 Å². The SMILES string of the molecule is CSCC(C)CNC(=O)c1cnc(Cl)c2ccccc12. The first-order chi connectivity index (χ1) is 9.63. The highest BCUT2D eigenvalue weighted by atomic mass is 35.5. The minimum absolute atomic E-state index is 0.0988. The second-order valence-electron chi connectivity index (χ2n) is 4.78. The van der Waals surface area contributed by atoms with Gasteiger partial charge in [-0.3, -0.25) is 4.79 Å². The molecule has 0 saturated heterocycles. The zero-order valence-corrected chi connectivity index (χ0v) is 13.1. The maximum absolute atomic E-state index is 12.3. The molecular weight excluding hydrogens is 292 g/mol. The van der Waals surface area contributed by atoms with E-state index in [0.29, 0.717) is 23.2 Å². The van der Waals surface area contributed by atoms with Gasteiger partial charge in [0.1, 0.15) is 5.15 Å². The van der Waals surface area contributed by atoms with Gasteiger partial charge in [-0.05, 0) is 23.3 Å². The monoisotopic (exact) mass is 308 g/mol. The highest BCUT2D eigenvalue weighted by Gasteiger charge is 2.13. The second kappa shape index (κ2) is 6.95. The summed E-state index contributed by atoms with van der Waals surface area (Å²) in [6.45, 7) is 2.78. The van der Waals surface area contributed by atoms with E-state index in [1.54, 1.807) is 18.0 Å². The van der Waals surface area contributed by atoms with Crippen molar-refractivity contribution in [2.45, 2.75) is 6.92 Å². The van der Waals surface area contributed by atoms with E-state index in [0.717, 1.165) is 16.5 Å². The Bertz CT molecular complexity index is 618. The van der Waals surface area contributed by atoms with Crippen molar-refractivity contribution in [1.82, 2.24) is 10.3 Å². The number of aromatic nitrogens is 1. The van der Waals surface area contributed by atoms with Gasteiger partial charge in [-0.2, -0.15) is 11.8 Å². The molecule has 2 aromatic rings. The second-order valence-corrected chi connectivity index (χ2v) is 6.05. The van der Waals surface area contributed by atoms with E-state index in [1.165, 1.54) is 0 Å². The Kier molecular flexibility index (Phi) is 5.26. The van der Waals surface area contributed by atoms with Crippen molar-refractivity contribution >= 4 is 40.0 Å². The number of carbonyl (C=O) groups is 1. The van der Waals surface area contributed by atoms with Crippen LogP contribution in [0.5, 0.6) is 0 Å². The van der Waals surface area contributed by atoms with Crippen LogP contribution in [0, 0.1) is 5.92 Å². The standard InChI is InChI=1S/C15H17ClN2OS/c1-10(9-20-2)7-18-15(19)13-8-17-14(16)12-6-4-3-5-11(12)13/h3-6,8,10H,7,9H2,1-2H3,(H,18,19). The third-order valence-electron chi connectivity index (χ3n) is 3.05. The molecule has 0 radical (unpaired) electrons. The average molecular weight is 309 g/mol. The van der Waals surface area contributed by atoms with E-state index >= 15 is 0 Å². The molecule has 0 saturated carbocycles. The smallest absolute Gasteiger partial charge is 0.253 e.